The van der Waals surface area contributed by atoms with Gasteiger partial charge in [0.15, 0.2) is 0 Å². The third-order valence-corrected chi connectivity index (χ3v) is 5.08. The van der Waals surface area contributed by atoms with Crippen LogP contribution in [0.3, 0.4) is 0 Å². The van der Waals surface area contributed by atoms with E-state index in [1.54, 1.807) is 37.3 Å². The molecule has 0 fully saturated rings. The first kappa shape index (κ1) is 24.7. The molecule has 8 heteroatoms. The minimum atomic E-state index is -0.795. The van der Waals surface area contributed by atoms with Crippen LogP contribution in [-0.2, 0) is 16.1 Å². The van der Waals surface area contributed by atoms with Crippen LogP contribution in [0.4, 0.5) is 10.5 Å². The lowest BCUT2D eigenvalue weighted by Gasteiger charge is -2.08. The minimum absolute atomic E-state index is 0.198. The van der Waals surface area contributed by atoms with Crippen LogP contribution in [0.15, 0.2) is 83.3 Å². The van der Waals surface area contributed by atoms with Gasteiger partial charge in [0.2, 0.25) is 5.91 Å². The van der Waals surface area contributed by atoms with Crippen molar-refractivity contribution >= 4 is 45.7 Å². The lowest BCUT2D eigenvalue weighted by Crippen LogP contribution is -2.20. The van der Waals surface area contributed by atoms with E-state index < -0.39 is 6.16 Å². The fourth-order valence-electron chi connectivity index (χ4n) is 2.82. The summed E-state index contributed by atoms with van der Waals surface area (Å²) in [5.74, 6) is -0.217. The number of hydrogen-bond donors (Lipinski definition) is 2. The van der Waals surface area contributed by atoms with Crippen molar-refractivity contribution in [3.8, 4) is 5.75 Å². The molecule has 2 N–H and O–H groups in total. The molecule has 0 saturated heterocycles. The van der Waals surface area contributed by atoms with Gasteiger partial charge in [0, 0.05) is 28.3 Å². The van der Waals surface area contributed by atoms with Crippen LogP contribution in [0.5, 0.6) is 5.75 Å². The average Bonchev–Trinajstić information content (AvgIpc) is 2.84. The molecule has 0 heterocycles. The summed E-state index contributed by atoms with van der Waals surface area (Å²) in [5, 5.41) is 5.63. The number of benzene rings is 3. The van der Waals surface area contributed by atoms with Crippen molar-refractivity contribution in [2.45, 2.75) is 13.5 Å². The van der Waals surface area contributed by atoms with Gasteiger partial charge in [-0.15, -0.1) is 0 Å². The smallest absolute Gasteiger partial charge is 0.434 e. The number of carbonyl (C=O) groups is 3. The van der Waals surface area contributed by atoms with Gasteiger partial charge in [-0.2, -0.15) is 0 Å². The molecule has 34 heavy (non-hydrogen) atoms. The van der Waals surface area contributed by atoms with E-state index in [2.05, 4.69) is 26.6 Å². The Hall–Kier alpha value is -3.91. The zero-order valence-corrected chi connectivity index (χ0v) is 20.0. The van der Waals surface area contributed by atoms with Gasteiger partial charge in [0.05, 0.1) is 6.61 Å². The second-order valence-corrected chi connectivity index (χ2v) is 7.98. The molecule has 2 amide bonds. The Bertz CT molecular complexity index is 1160. The number of rotatable bonds is 8. The summed E-state index contributed by atoms with van der Waals surface area (Å²) in [6.45, 7) is 2.26. The van der Waals surface area contributed by atoms with E-state index in [0.29, 0.717) is 17.8 Å². The highest BCUT2D eigenvalue weighted by Gasteiger charge is 2.09. The molecule has 0 bridgehead atoms. The summed E-state index contributed by atoms with van der Waals surface area (Å²) in [7, 11) is 0. The summed E-state index contributed by atoms with van der Waals surface area (Å²) in [5.41, 5.74) is 2.84. The van der Waals surface area contributed by atoms with E-state index in [0.717, 1.165) is 15.6 Å². The lowest BCUT2D eigenvalue weighted by atomic mass is 10.1. The van der Waals surface area contributed by atoms with E-state index >= 15 is 0 Å². The molecule has 0 radical (unpaired) electrons. The molecular weight excluding hydrogens is 500 g/mol. The fraction of sp³-hybridized carbons (Fsp3) is 0.115. The summed E-state index contributed by atoms with van der Waals surface area (Å²) in [6, 6.07) is 20.9. The van der Waals surface area contributed by atoms with Gasteiger partial charge >= 0.3 is 6.16 Å². The van der Waals surface area contributed by atoms with Crippen molar-refractivity contribution in [2.75, 3.05) is 11.9 Å². The Balaban J connectivity index is 1.47. The summed E-state index contributed by atoms with van der Waals surface area (Å²) >= 11 is 3.37. The van der Waals surface area contributed by atoms with E-state index in [1.807, 2.05) is 36.4 Å². The van der Waals surface area contributed by atoms with Gasteiger partial charge in [-0.1, -0.05) is 40.2 Å². The van der Waals surface area contributed by atoms with Crippen LogP contribution in [0.2, 0.25) is 0 Å². The Kier molecular flexibility index (Phi) is 8.99. The van der Waals surface area contributed by atoms with Gasteiger partial charge < -0.3 is 20.1 Å². The molecular formula is C26H23BrN2O5. The van der Waals surface area contributed by atoms with E-state index in [1.165, 1.54) is 18.2 Å². The second kappa shape index (κ2) is 12.4. The van der Waals surface area contributed by atoms with Gasteiger partial charge in [-0.25, -0.2) is 4.79 Å². The van der Waals surface area contributed by atoms with Gasteiger partial charge in [0.1, 0.15) is 5.75 Å². The van der Waals surface area contributed by atoms with Gasteiger partial charge in [0.25, 0.3) is 5.91 Å². The highest BCUT2D eigenvalue weighted by Crippen LogP contribution is 2.16. The molecule has 0 spiro atoms. The molecule has 0 aliphatic carbocycles. The predicted molar refractivity (Wildman–Crippen MR) is 134 cm³/mol. The number of halogens is 1. The number of ether oxygens (including phenoxy) is 2. The van der Waals surface area contributed by atoms with Crippen molar-refractivity contribution in [2.24, 2.45) is 0 Å². The molecule has 0 atom stereocenters. The monoisotopic (exact) mass is 522 g/mol. The quantitative estimate of drug-likeness (QED) is 0.229. The largest absolute Gasteiger partial charge is 0.513 e. The van der Waals surface area contributed by atoms with Crippen LogP contribution in [0.25, 0.3) is 6.08 Å². The number of anilines is 1. The van der Waals surface area contributed by atoms with Crippen molar-refractivity contribution in [3.63, 3.8) is 0 Å². The van der Waals surface area contributed by atoms with Gasteiger partial charge in [-0.3, -0.25) is 9.59 Å². The first-order valence-corrected chi connectivity index (χ1v) is 11.3. The number of amides is 2. The maximum absolute atomic E-state index is 12.4. The van der Waals surface area contributed by atoms with Crippen LogP contribution in [0, 0.1) is 0 Å². The Morgan fingerprint density at radius 3 is 2.24 bits per heavy atom. The maximum atomic E-state index is 12.4. The molecule has 0 aromatic heterocycles. The normalized spacial score (nSPS) is 10.5. The predicted octanol–water partition coefficient (Wildman–Crippen LogP) is 5.57. The molecule has 174 valence electrons. The lowest BCUT2D eigenvalue weighted by molar-refractivity contribution is -0.116. The summed E-state index contributed by atoms with van der Waals surface area (Å²) < 4.78 is 10.7. The Labute approximate surface area is 205 Å². The SMILES string of the molecule is CCOC(=O)Oc1ccc(C(=O)Nc2ccc(CNC(=O)/C=C/c3ccc(Br)cc3)cc2)cc1. The van der Waals surface area contributed by atoms with Crippen LogP contribution >= 0.6 is 15.9 Å². The molecule has 0 aliphatic heterocycles. The minimum Gasteiger partial charge on any atom is -0.434 e. The zero-order chi connectivity index (χ0) is 24.3. The molecule has 3 aromatic rings. The molecule has 0 saturated carbocycles. The van der Waals surface area contributed by atoms with E-state index in [-0.39, 0.29) is 24.2 Å². The molecule has 3 rings (SSSR count). The Morgan fingerprint density at radius 2 is 1.59 bits per heavy atom. The van der Waals surface area contributed by atoms with Crippen LogP contribution in [-0.4, -0.2) is 24.6 Å². The molecule has 0 unspecified atom stereocenters. The topological polar surface area (TPSA) is 93.7 Å². The van der Waals surface area contributed by atoms with E-state index in [9.17, 15) is 14.4 Å². The van der Waals surface area contributed by atoms with E-state index in [4.69, 9.17) is 9.47 Å². The Morgan fingerprint density at radius 1 is 0.912 bits per heavy atom. The molecule has 0 aliphatic rings. The maximum Gasteiger partial charge on any atom is 0.513 e. The van der Waals surface area contributed by atoms with Gasteiger partial charge in [-0.05, 0) is 72.7 Å². The van der Waals surface area contributed by atoms with Crippen molar-refractivity contribution in [1.82, 2.24) is 5.32 Å². The number of carbonyl (C=O) groups excluding carboxylic acids is 3. The average molecular weight is 523 g/mol. The summed E-state index contributed by atoms with van der Waals surface area (Å²) in [6.07, 6.45) is 2.44. The van der Waals surface area contributed by atoms with Crippen LogP contribution < -0.4 is 15.4 Å². The zero-order valence-electron chi connectivity index (χ0n) is 18.4. The second-order valence-electron chi connectivity index (χ2n) is 7.06. The van der Waals surface area contributed by atoms with Crippen LogP contribution in [0.1, 0.15) is 28.4 Å². The third kappa shape index (κ3) is 7.90. The number of nitrogens with one attached hydrogen (secondary N) is 2. The first-order chi connectivity index (χ1) is 16.4. The first-order valence-electron chi connectivity index (χ1n) is 10.5. The summed E-state index contributed by atoms with van der Waals surface area (Å²) in [4.78, 5) is 35.8. The highest BCUT2D eigenvalue weighted by molar-refractivity contribution is 9.10. The molecule has 7 nitrogen and oxygen atoms in total. The third-order valence-electron chi connectivity index (χ3n) is 4.56. The fourth-order valence-corrected chi connectivity index (χ4v) is 3.09. The standard InChI is InChI=1S/C26H23BrN2O5/c1-2-33-26(32)34-23-14-8-20(9-15-23)25(31)29-22-12-5-19(6-13-22)17-28-24(30)16-7-18-3-10-21(27)11-4-18/h3-16H,2,17H2,1H3,(H,28,30)(H,29,31)/b16-7+. The van der Waals surface area contributed by atoms with Crippen molar-refractivity contribution in [1.29, 1.82) is 0 Å². The highest BCUT2D eigenvalue weighted by atomic mass is 79.9. The molecule has 3 aromatic carbocycles. The van der Waals surface area contributed by atoms with Crippen molar-refractivity contribution < 1.29 is 23.9 Å². The number of hydrogen-bond acceptors (Lipinski definition) is 5. The van der Waals surface area contributed by atoms with Crippen molar-refractivity contribution in [3.05, 3.63) is 100 Å².